The molecule has 107 valence electrons. The Morgan fingerprint density at radius 2 is 1.35 bits per heavy atom. The highest BCUT2D eigenvalue weighted by Crippen LogP contribution is 1.92. The summed E-state index contributed by atoms with van der Waals surface area (Å²) in [4.78, 5) is 0. The Bertz CT molecular complexity index is 587. The first-order valence-corrected chi connectivity index (χ1v) is 11.0. The summed E-state index contributed by atoms with van der Waals surface area (Å²) >= 11 is -2.40. The van der Waals surface area contributed by atoms with Gasteiger partial charge in [0.05, 0.1) is 5.75 Å². The molecule has 0 saturated heterocycles. The van der Waals surface area contributed by atoms with Gasteiger partial charge in [-0.15, -0.1) is 0 Å². The van der Waals surface area contributed by atoms with Gasteiger partial charge in [0.25, 0.3) is 0 Å². The van der Waals surface area contributed by atoms with Crippen molar-refractivity contribution < 1.29 is 31.2 Å². The third-order valence-corrected chi connectivity index (χ3v) is 10.1. The van der Waals surface area contributed by atoms with Crippen molar-refractivity contribution in [2.24, 2.45) is 0 Å². The first kappa shape index (κ1) is 15.5. The molecule has 20 heavy (non-hydrogen) atoms. The quantitative estimate of drug-likeness (QED) is 0.638. The second-order valence-electron chi connectivity index (χ2n) is 4.16. The lowest BCUT2D eigenvalue weighted by atomic mass is 10.4. The van der Waals surface area contributed by atoms with Crippen molar-refractivity contribution in [3.63, 3.8) is 0 Å². The summed E-state index contributed by atoms with van der Waals surface area (Å²) in [6.07, 6.45) is 0.565. The van der Waals surface area contributed by atoms with Crippen LogP contribution in [0.3, 0.4) is 0 Å². The molecule has 0 bridgehead atoms. The SMILES string of the molecule is CCCS(=O)(=O)O[I+](c1ccccc1)c1ccccc1. The highest BCUT2D eigenvalue weighted by molar-refractivity contribution is 7.86. The van der Waals surface area contributed by atoms with Gasteiger partial charge in [0.1, 0.15) is 0 Å². The average Bonchev–Trinajstić information content (AvgIpc) is 2.47. The van der Waals surface area contributed by atoms with Crippen molar-refractivity contribution in [3.8, 4) is 0 Å². The topological polar surface area (TPSA) is 43.4 Å². The van der Waals surface area contributed by atoms with Crippen LogP contribution in [0, 0.1) is 7.14 Å². The van der Waals surface area contributed by atoms with E-state index in [-0.39, 0.29) is 5.75 Å². The Hall–Kier alpha value is -0.920. The Labute approximate surface area is 128 Å². The molecule has 0 N–H and O–H groups in total. The zero-order valence-corrected chi connectivity index (χ0v) is 14.2. The minimum Gasteiger partial charge on any atom is -0.196 e. The van der Waals surface area contributed by atoms with Crippen LogP contribution >= 0.6 is 0 Å². The van der Waals surface area contributed by atoms with Crippen molar-refractivity contribution in [2.75, 3.05) is 5.75 Å². The largest absolute Gasteiger partial charge is 0.324 e. The van der Waals surface area contributed by atoms with Crippen LogP contribution in [-0.4, -0.2) is 14.2 Å². The molecular weight excluding hydrogens is 387 g/mol. The standard InChI is InChI=1S/C15H17IO3S/c1-2-13-20(17,18)19-16(14-9-5-3-6-10-14)15-11-7-4-8-12-15/h3-12H,2,13H2,1H3/q+1. The number of hydrogen-bond acceptors (Lipinski definition) is 3. The maximum absolute atomic E-state index is 12.0. The Morgan fingerprint density at radius 3 is 1.75 bits per heavy atom. The van der Waals surface area contributed by atoms with E-state index in [1.165, 1.54) is 0 Å². The Kier molecular flexibility index (Phi) is 5.56. The third-order valence-electron chi connectivity index (χ3n) is 2.48. The molecule has 0 heterocycles. The second kappa shape index (κ2) is 7.19. The van der Waals surface area contributed by atoms with E-state index in [0.717, 1.165) is 7.14 Å². The molecule has 0 unspecified atom stereocenters. The van der Waals surface area contributed by atoms with E-state index in [4.69, 9.17) is 2.51 Å². The van der Waals surface area contributed by atoms with E-state index < -0.39 is 30.4 Å². The summed E-state index contributed by atoms with van der Waals surface area (Å²) in [5.41, 5.74) is 0. The summed E-state index contributed by atoms with van der Waals surface area (Å²) in [6, 6.07) is 19.3. The highest BCUT2D eigenvalue weighted by atomic mass is 127. The van der Waals surface area contributed by atoms with E-state index in [0.29, 0.717) is 6.42 Å². The number of benzene rings is 2. The lowest BCUT2D eigenvalue weighted by molar-refractivity contribution is -1.03. The van der Waals surface area contributed by atoms with Gasteiger partial charge in [-0.1, -0.05) is 43.3 Å². The minimum atomic E-state index is -3.46. The summed E-state index contributed by atoms with van der Waals surface area (Å²) < 4.78 is 31.6. The smallest absolute Gasteiger partial charge is 0.196 e. The molecule has 0 aliphatic carbocycles. The molecule has 0 amide bonds. The lowest BCUT2D eigenvalue weighted by Gasteiger charge is -2.05. The molecular formula is C15H17IO3S+. The molecule has 0 aliphatic rings. The number of rotatable bonds is 6. The van der Waals surface area contributed by atoms with Gasteiger partial charge < -0.3 is 0 Å². The maximum Gasteiger partial charge on any atom is 0.324 e. The van der Waals surface area contributed by atoms with Gasteiger partial charge in [0, 0.05) is 0 Å². The van der Waals surface area contributed by atoms with Crippen LogP contribution in [0.2, 0.25) is 0 Å². The normalized spacial score (nSPS) is 11.7. The van der Waals surface area contributed by atoms with Crippen molar-refractivity contribution in [2.45, 2.75) is 13.3 Å². The molecule has 3 nitrogen and oxygen atoms in total. The molecule has 0 aromatic heterocycles. The van der Waals surface area contributed by atoms with Crippen molar-refractivity contribution in [1.29, 1.82) is 0 Å². The fourth-order valence-electron chi connectivity index (χ4n) is 1.63. The third kappa shape index (κ3) is 4.29. The lowest BCUT2D eigenvalue weighted by Crippen LogP contribution is -3.85. The van der Waals surface area contributed by atoms with E-state index in [1.807, 2.05) is 67.6 Å². The minimum absolute atomic E-state index is 0.0701. The van der Waals surface area contributed by atoms with Crippen molar-refractivity contribution in [3.05, 3.63) is 67.8 Å². The monoisotopic (exact) mass is 404 g/mol. The molecule has 0 aliphatic heterocycles. The highest BCUT2D eigenvalue weighted by Gasteiger charge is 2.35. The Morgan fingerprint density at radius 1 is 0.900 bits per heavy atom. The molecule has 0 fully saturated rings. The van der Waals surface area contributed by atoms with Crippen LogP contribution in [0.4, 0.5) is 0 Å². The summed E-state index contributed by atoms with van der Waals surface area (Å²) in [5, 5.41) is 0. The first-order valence-electron chi connectivity index (χ1n) is 6.35. The molecule has 0 spiro atoms. The van der Waals surface area contributed by atoms with Crippen LogP contribution in [0.5, 0.6) is 0 Å². The van der Waals surface area contributed by atoms with Gasteiger partial charge in [0.15, 0.2) is 7.14 Å². The van der Waals surface area contributed by atoms with Gasteiger partial charge in [-0.25, -0.2) is 0 Å². The predicted octanol–water partition coefficient (Wildman–Crippen LogP) is 0.0221. The van der Waals surface area contributed by atoms with Crippen molar-refractivity contribution in [1.82, 2.24) is 0 Å². The molecule has 2 aromatic carbocycles. The van der Waals surface area contributed by atoms with Gasteiger partial charge in [-0.05, 0) is 33.2 Å². The Balaban J connectivity index is 2.36. The van der Waals surface area contributed by atoms with Gasteiger partial charge in [-0.2, -0.15) is 8.42 Å². The van der Waals surface area contributed by atoms with Crippen molar-refractivity contribution >= 4 is 10.1 Å². The van der Waals surface area contributed by atoms with Crippen LogP contribution in [0.15, 0.2) is 60.7 Å². The van der Waals surface area contributed by atoms with Gasteiger partial charge in [-0.3, -0.25) is 0 Å². The molecule has 0 atom stereocenters. The zero-order chi connectivity index (χ0) is 14.4. The molecule has 2 rings (SSSR count). The molecule has 5 heteroatoms. The van der Waals surface area contributed by atoms with Crippen LogP contribution in [-0.2, 0) is 12.6 Å². The van der Waals surface area contributed by atoms with Crippen LogP contribution in [0.25, 0.3) is 0 Å². The zero-order valence-electron chi connectivity index (χ0n) is 11.2. The summed E-state index contributed by atoms with van der Waals surface area (Å²) in [6.45, 7) is 1.84. The fraction of sp³-hybridized carbons (Fsp3) is 0.200. The van der Waals surface area contributed by atoms with E-state index in [9.17, 15) is 8.42 Å². The first-order chi connectivity index (χ1) is 9.62. The fourth-order valence-corrected chi connectivity index (χ4v) is 8.82. The van der Waals surface area contributed by atoms with Crippen LogP contribution < -0.4 is 20.2 Å². The average molecular weight is 404 g/mol. The number of hydrogen-bond donors (Lipinski definition) is 0. The van der Waals surface area contributed by atoms with E-state index >= 15 is 0 Å². The number of halogens is 1. The molecule has 0 saturated carbocycles. The molecule has 2 aromatic rings. The van der Waals surface area contributed by atoms with Crippen LogP contribution in [0.1, 0.15) is 13.3 Å². The van der Waals surface area contributed by atoms with E-state index in [1.54, 1.807) is 0 Å². The maximum atomic E-state index is 12.0. The van der Waals surface area contributed by atoms with Gasteiger partial charge >= 0.3 is 30.4 Å². The predicted molar refractivity (Wildman–Crippen MR) is 75.4 cm³/mol. The summed E-state index contributed by atoms with van der Waals surface area (Å²) in [7, 11) is -3.46. The van der Waals surface area contributed by atoms with E-state index in [2.05, 4.69) is 0 Å². The van der Waals surface area contributed by atoms with Gasteiger partial charge in [0.2, 0.25) is 0 Å². The summed E-state index contributed by atoms with van der Waals surface area (Å²) in [5.74, 6) is 0.0701. The molecule has 1 radical (unpaired) electrons. The second-order valence-corrected chi connectivity index (χ2v) is 10.8.